The van der Waals surface area contributed by atoms with Crippen molar-refractivity contribution in [2.45, 2.75) is 30.2 Å². The van der Waals surface area contributed by atoms with Gasteiger partial charge >= 0.3 is 5.51 Å². The second kappa shape index (κ2) is 6.32. The van der Waals surface area contributed by atoms with Gasteiger partial charge in [-0.2, -0.15) is 13.2 Å². The summed E-state index contributed by atoms with van der Waals surface area (Å²) in [4.78, 5) is -0.742. The van der Waals surface area contributed by atoms with E-state index in [1.165, 1.54) is 12.1 Å². The van der Waals surface area contributed by atoms with E-state index >= 15 is 0 Å². The molecule has 7 heteroatoms. The molecule has 2 aromatic rings. The van der Waals surface area contributed by atoms with Crippen LogP contribution in [0, 0.1) is 12.3 Å². The predicted molar refractivity (Wildman–Crippen MR) is 106 cm³/mol. The first-order valence-electron chi connectivity index (χ1n) is 8.67. The number of hydrogen-bond donors (Lipinski definition) is 0. The molecule has 0 saturated heterocycles. The summed E-state index contributed by atoms with van der Waals surface area (Å²) in [5.74, 6) is 0. The van der Waals surface area contributed by atoms with Gasteiger partial charge in [-0.3, -0.25) is 0 Å². The first-order valence-corrected chi connectivity index (χ1v) is 10.9. The minimum atomic E-state index is -5.34. The minimum Gasteiger partial charge on any atom is -0.214 e. The Hall–Kier alpha value is -1.86. The molecule has 0 aromatic heterocycles. The summed E-state index contributed by atoms with van der Waals surface area (Å²) in [6.07, 6.45) is 6.43. The molecule has 0 N–H and O–H groups in total. The van der Waals surface area contributed by atoms with Crippen LogP contribution in [0.4, 0.5) is 13.2 Å². The normalized spacial score (nSPS) is 18.2. The summed E-state index contributed by atoms with van der Waals surface area (Å²) >= 11 is 3.49. The Morgan fingerprint density at radius 2 is 1.46 bits per heavy atom. The summed E-state index contributed by atoms with van der Waals surface area (Å²) in [6.45, 7) is 2.00. The molecular formula is C21H16BrF3O2S. The lowest BCUT2D eigenvalue weighted by Crippen LogP contribution is -2.23. The zero-order valence-corrected chi connectivity index (χ0v) is 17.2. The molecule has 0 atom stereocenters. The molecule has 0 unspecified atom stereocenters. The highest BCUT2D eigenvalue weighted by Gasteiger charge is 2.47. The largest absolute Gasteiger partial charge is 0.501 e. The fraction of sp³-hybridized carbons (Fsp3) is 0.238. The second-order valence-corrected chi connectivity index (χ2v) is 10.1. The number of halogens is 4. The smallest absolute Gasteiger partial charge is 0.214 e. The Morgan fingerprint density at radius 3 is 1.96 bits per heavy atom. The third-order valence-corrected chi connectivity index (χ3v) is 7.62. The number of alkyl halides is 3. The maximum atomic E-state index is 12.8. The van der Waals surface area contributed by atoms with Gasteiger partial charge in [-0.1, -0.05) is 52.3 Å². The van der Waals surface area contributed by atoms with Crippen molar-refractivity contribution < 1.29 is 21.6 Å². The highest BCUT2D eigenvalue weighted by Crippen LogP contribution is 2.57. The van der Waals surface area contributed by atoms with E-state index in [4.69, 9.17) is 0 Å². The average molecular weight is 469 g/mol. The topological polar surface area (TPSA) is 34.1 Å². The number of hydrogen-bond acceptors (Lipinski definition) is 2. The van der Waals surface area contributed by atoms with E-state index < -0.39 is 20.2 Å². The molecule has 1 saturated carbocycles. The number of benzene rings is 2. The van der Waals surface area contributed by atoms with Crippen molar-refractivity contribution in [2.75, 3.05) is 0 Å². The predicted octanol–water partition coefficient (Wildman–Crippen LogP) is 6.31. The molecule has 1 fully saturated rings. The zero-order valence-electron chi connectivity index (χ0n) is 14.8. The van der Waals surface area contributed by atoms with Crippen LogP contribution in [0.15, 0.2) is 64.0 Å². The van der Waals surface area contributed by atoms with Gasteiger partial charge in [-0.25, -0.2) is 8.42 Å². The maximum Gasteiger partial charge on any atom is 0.501 e. The highest BCUT2D eigenvalue weighted by molar-refractivity contribution is 9.10. The van der Waals surface area contributed by atoms with E-state index in [-0.39, 0.29) is 5.41 Å². The zero-order chi connectivity index (χ0) is 20.3. The van der Waals surface area contributed by atoms with Crippen LogP contribution in [0.1, 0.15) is 29.5 Å². The van der Waals surface area contributed by atoms with Crippen molar-refractivity contribution in [3.63, 3.8) is 0 Å². The van der Waals surface area contributed by atoms with Crippen LogP contribution in [-0.4, -0.2) is 13.9 Å². The molecule has 0 bridgehead atoms. The Bertz CT molecular complexity index is 1120. The minimum absolute atomic E-state index is 0.0162. The van der Waals surface area contributed by atoms with Gasteiger partial charge in [0.05, 0.1) is 4.90 Å². The van der Waals surface area contributed by atoms with E-state index in [1.807, 2.05) is 19.1 Å². The van der Waals surface area contributed by atoms with Crippen LogP contribution in [0.5, 0.6) is 0 Å². The molecule has 146 valence electrons. The lowest BCUT2D eigenvalue weighted by molar-refractivity contribution is -0.0436. The fourth-order valence-corrected chi connectivity index (χ4v) is 4.45. The number of rotatable bonds is 3. The SMILES string of the molecule is Cc1cc(C2=CC3(C=C2c2ccc(S(=O)(=O)C(F)(F)F)cc2)CC3)ccc1Br. The van der Waals surface area contributed by atoms with Gasteiger partial charge in [0.25, 0.3) is 9.84 Å². The second-order valence-electron chi connectivity index (χ2n) is 7.29. The summed E-state index contributed by atoms with van der Waals surface area (Å²) in [7, 11) is -5.34. The number of sulfone groups is 1. The summed E-state index contributed by atoms with van der Waals surface area (Å²) < 4.78 is 62.5. The molecular weight excluding hydrogens is 453 g/mol. The molecule has 2 nitrogen and oxygen atoms in total. The van der Waals surface area contributed by atoms with Crippen molar-refractivity contribution >= 4 is 36.9 Å². The molecule has 1 spiro atoms. The van der Waals surface area contributed by atoms with E-state index in [9.17, 15) is 21.6 Å². The Labute approximate surface area is 169 Å². The maximum absolute atomic E-state index is 12.8. The lowest BCUT2D eigenvalue weighted by Gasteiger charge is -2.12. The van der Waals surface area contributed by atoms with Gasteiger partial charge in [0, 0.05) is 9.89 Å². The van der Waals surface area contributed by atoms with E-state index in [1.54, 1.807) is 0 Å². The van der Waals surface area contributed by atoms with Crippen molar-refractivity contribution in [1.29, 1.82) is 0 Å². The standard InChI is InChI=1S/C21H16BrF3O2S/c1-13-10-15(4-7-19(13)22)18-12-20(8-9-20)11-17(18)14-2-5-16(6-3-14)28(26,27)21(23,24)25/h2-7,10-12H,8-9H2,1H3. The van der Waals surface area contributed by atoms with Gasteiger partial charge in [0.2, 0.25) is 0 Å². The quantitative estimate of drug-likeness (QED) is 0.528. The Morgan fingerprint density at radius 1 is 0.929 bits per heavy atom. The number of aryl methyl sites for hydroxylation is 1. The first kappa shape index (κ1) is 19.5. The summed E-state index contributed by atoms with van der Waals surface area (Å²) in [6, 6.07) is 11.0. The van der Waals surface area contributed by atoms with Crippen molar-refractivity contribution in [3.05, 3.63) is 75.8 Å². The van der Waals surface area contributed by atoms with Crippen molar-refractivity contribution in [3.8, 4) is 0 Å². The Kier molecular flexibility index (Phi) is 4.39. The van der Waals surface area contributed by atoms with Crippen molar-refractivity contribution in [2.24, 2.45) is 5.41 Å². The van der Waals surface area contributed by atoms with Gasteiger partial charge < -0.3 is 0 Å². The van der Waals surface area contributed by atoms with Gasteiger partial charge in [0.1, 0.15) is 0 Å². The van der Waals surface area contributed by atoms with Crippen LogP contribution < -0.4 is 0 Å². The van der Waals surface area contributed by atoms with E-state index in [0.29, 0.717) is 5.56 Å². The molecule has 0 amide bonds. The molecule has 0 radical (unpaired) electrons. The van der Waals surface area contributed by atoms with Crippen molar-refractivity contribution in [1.82, 2.24) is 0 Å². The van der Waals surface area contributed by atoms with Crippen LogP contribution in [0.25, 0.3) is 11.1 Å². The van der Waals surface area contributed by atoms with Crippen LogP contribution >= 0.6 is 15.9 Å². The molecule has 0 heterocycles. The molecule has 28 heavy (non-hydrogen) atoms. The lowest BCUT2D eigenvalue weighted by atomic mass is 9.94. The third-order valence-electron chi connectivity index (χ3n) is 5.23. The van der Waals surface area contributed by atoms with Gasteiger partial charge in [0.15, 0.2) is 0 Å². The van der Waals surface area contributed by atoms with Crippen LogP contribution in [-0.2, 0) is 9.84 Å². The molecule has 0 aliphatic heterocycles. The summed E-state index contributed by atoms with van der Waals surface area (Å²) in [5.41, 5.74) is -0.517. The monoisotopic (exact) mass is 468 g/mol. The molecule has 2 aliphatic carbocycles. The molecule has 2 aromatic carbocycles. The molecule has 2 aliphatic rings. The first-order chi connectivity index (χ1) is 13.0. The van der Waals surface area contributed by atoms with Crippen LogP contribution in [0.3, 0.4) is 0 Å². The average Bonchev–Trinajstić information content (AvgIpc) is 3.27. The third kappa shape index (κ3) is 3.24. The van der Waals surface area contributed by atoms with Gasteiger partial charge in [-0.05, 0) is 65.8 Å². The van der Waals surface area contributed by atoms with E-state index in [2.05, 4.69) is 34.1 Å². The van der Waals surface area contributed by atoms with E-state index in [0.717, 1.165) is 51.7 Å². The molecule has 4 rings (SSSR count). The highest BCUT2D eigenvalue weighted by atomic mass is 79.9. The van der Waals surface area contributed by atoms with Gasteiger partial charge in [-0.15, -0.1) is 0 Å². The fourth-order valence-electron chi connectivity index (χ4n) is 3.44. The van der Waals surface area contributed by atoms with Crippen LogP contribution in [0.2, 0.25) is 0 Å². The number of allylic oxidation sites excluding steroid dienone is 4. The summed E-state index contributed by atoms with van der Waals surface area (Å²) in [5, 5.41) is 0. The Balaban J connectivity index is 1.74.